The first-order valence-corrected chi connectivity index (χ1v) is 6.24. The fourth-order valence-corrected chi connectivity index (χ4v) is 1.76. The molecule has 0 unspecified atom stereocenters. The van der Waals surface area contributed by atoms with Crippen molar-refractivity contribution in [3.05, 3.63) is 53.6 Å². The minimum absolute atomic E-state index is 0.0598. The normalized spacial score (nSPS) is 11.6. The summed E-state index contributed by atoms with van der Waals surface area (Å²) in [6.45, 7) is 0. The number of para-hydroxylation sites is 1. The van der Waals surface area contributed by atoms with Gasteiger partial charge in [-0.3, -0.25) is 5.43 Å². The number of phenols is 1. The number of hydrogen-bond acceptors (Lipinski definition) is 4. The number of anilines is 1. The van der Waals surface area contributed by atoms with Gasteiger partial charge in [-0.05, 0) is 30.3 Å². The molecule has 0 saturated heterocycles. The zero-order valence-corrected chi connectivity index (χ0v) is 11.6. The maximum absolute atomic E-state index is 12.8. The van der Waals surface area contributed by atoms with Crippen LogP contribution in [0, 0.1) is 0 Å². The molecule has 2 aromatic rings. The van der Waals surface area contributed by atoms with Gasteiger partial charge in [-0.1, -0.05) is 12.1 Å². The van der Waals surface area contributed by atoms with E-state index in [1.165, 1.54) is 43.7 Å². The number of hydrogen-bond donors (Lipinski definition) is 2. The largest absolute Gasteiger partial charge is 0.507 e. The Balaban J connectivity index is 2.20. The highest BCUT2D eigenvalue weighted by Crippen LogP contribution is 2.34. The van der Waals surface area contributed by atoms with Gasteiger partial charge in [0.15, 0.2) is 0 Å². The second-order valence-corrected chi connectivity index (χ2v) is 4.34. The van der Waals surface area contributed by atoms with Crippen molar-refractivity contribution in [1.29, 1.82) is 0 Å². The molecule has 2 aromatic carbocycles. The molecule has 0 heterocycles. The van der Waals surface area contributed by atoms with Crippen molar-refractivity contribution in [2.45, 2.75) is 6.18 Å². The molecule has 0 amide bonds. The summed E-state index contributed by atoms with van der Waals surface area (Å²) in [4.78, 5) is 0. The van der Waals surface area contributed by atoms with Crippen molar-refractivity contribution < 1.29 is 23.0 Å². The van der Waals surface area contributed by atoms with Gasteiger partial charge in [0.2, 0.25) is 0 Å². The summed E-state index contributed by atoms with van der Waals surface area (Å²) in [5.41, 5.74) is 1.66. The number of aromatic hydroxyl groups is 1. The maximum Gasteiger partial charge on any atom is 0.418 e. The first-order chi connectivity index (χ1) is 10.4. The number of ether oxygens (including phenoxy) is 1. The van der Waals surface area contributed by atoms with Gasteiger partial charge in [0.1, 0.15) is 11.5 Å². The number of benzene rings is 2. The van der Waals surface area contributed by atoms with Gasteiger partial charge in [-0.25, -0.2) is 0 Å². The van der Waals surface area contributed by atoms with Crippen molar-refractivity contribution >= 4 is 11.9 Å². The van der Waals surface area contributed by atoms with E-state index in [-0.39, 0.29) is 11.4 Å². The lowest BCUT2D eigenvalue weighted by atomic mass is 10.2. The first-order valence-electron chi connectivity index (χ1n) is 6.24. The van der Waals surface area contributed by atoms with Gasteiger partial charge in [-0.15, -0.1) is 0 Å². The first kappa shape index (κ1) is 15.7. The van der Waals surface area contributed by atoms with Crippen molar-refractivity contribution in [2.24, 2.45) is 5.10 Å². The van der Waals surface area contributed by atoms with Gasteiger partial charge < -0.3 is 9.84 Å². The summed E-state index contributed by atoms with van der Waals surface area (Å²) < 4.78 is 43.4. The molecule has 0 spiro atoms. The van der Waals surface area contributed by atoms with Crippen LogP contribution in [0.1, 0.15) is 11.1 Å². The highest BCUT2D eigenvalue weighted by atomic mass is 19.4. The Morgan fingerprint density at radius 3 is 2.59 bits per heavy atom. The number of phenolic OH excluding ortho intramolecular Hbond substituents is 1. The molecule has 22 heavy (non-hydrogen) atoms. The summed E-state index contributed by atoms with van der Waals surface area (Å²) in [7, 11) is 1.46. The van der Waals surface area contributed by atoms with E-state index in [1.54, 1.807) is 6.07 Å². The smallest absolute Gasteiger partial charge is 0.418 e. The van der Waals surface area contributed by atoms with Crippen LogP contribution in [0.25, 0.3) is 0 Å². The number of nitrogens with one attached hydrogen (secondary N) is 1. The van der Waals surface area contributed by atoms with E-state index >= 15 is 0 Å². The minimum atomic E-state index is -4.47. The van der Waals surface area contributed by atoms with E-state index in [4.69, 9.17) is 4.74 Å². The Bertz CT molecular complexity index is 685. The fourth-order valence-electron chi connectivity index (χ4n) is 1.76. The second-order valence-electron chi connectivity index (χ2n) is 4.34. The molecule has 116 valence electrons. The van der Waals surface area contributed by atoms with Crippen molar-refractivity contribution in [2.75, 3.05) is 12.5 Å². The Labute approximate surface area is 124 Å². The Hall–Kier alpha value is -2.70. The number of nitrogens with zero attached hydrogens (tertiary/aromatic N) is 1. The van der Waals surface area contributed by atoms with Gasteiger partial charge in [-0.2, -0.15) is 18.3 Å². The Morgan fingerprint density at radius 1 is 1.18 bits per heavy atom. The minimum Gasteiger partial charge on any atom is -0.507 e. The van der Waals surface area contributed by atoms with Gasteiger partial charge >= 0.3 is 6.18 Å². The van der Waals surface area contributed by atoms with Crippen LogP contribution in [0.5, 0.6) is 11.5 Å². The number of hydrazone groups is 1. The Morgan fingerprint density at radius 2 is 1.91 bits per heavy atom. The van der Waals surface area contributed by atoms with E-state index in [2.05, 4.69) is 10.5 Å². The number of methoxy groups -OCH3 is 1. The van der Waals surface area contributed by atoms with Crippen LogP contribution in [-0.2, 0) is 6.18 Å². The highest BCUT2D eigenvalue weighted by Gasteiger charge is 2.33. The molecule has 0 atom stereocenters. The standard InChI is InChI=1S/C15H13F3N2O2/c1-22-11-6-7-14(21)10(8-11)9-19-20-13-5-3-2-4-12(13)15(16,17)18/h2-9,20-21H,1H3. The van der Waals surface area contributed by atoms with Gasteiger partial charge in [0.05, 0.1) is 24.6 Å². The summed E-state index contributed by atoms with van der Waals surface area (Å²) in [6, 6.07) is 9.47. The van der Waals surface area contributed by atoms with Crippen LogP contribution < -0.4 is 10.2 Å². The molecule has 0 radical (unpaired) electrons. The molecule has 0 aliphatic heterocycles. The number of rotatable bonds is 4. The number of halogens is 3. The highest BCUT2D eigenvalue weighted by molar-refractivity contribution is 5.84. The lowest BCUT2D eigenvalue weighted by molar-refractivity contribution is -0.136. The van der Waals surface area contributed by atoms with Crippen molar-refractivity contribution in [3.63, 3.8) is 0 Å². The third kappa shape index (κ3) is 3.69. The van der Waals surface area contributed by atoms with Crippen molar-refractivity contribution in [3.8, 4) is 11.5 Å². The van der Waals surface area contributed by atoms with E-state index in [0.29, 0.717) is 11.3 Å². The van der Waals surface area contributed by atoms with Crippen LogP contribution in [0.3, 0.4) is 0 Å². The molecule has 4 nitrogen and oxygen atoms in total. The lowest BCUT2D eigenvalue weighted by Crippen LogP contribution is -2.08. The third-order valence-corrected chi connectivity index (χ3v) is 2.86. The average Bonchev–Trinajstić information content (AvgIpc) is 2.48. The van der Waals surface area contributed by atoms with Gasteiger partial charge in [0, 0.05) is 5.56 Å². The maximum atomic E-state index is 12.8. The zero-order valence-electron chi connectivity index (χ0n) is 11.6. The molecule has 0 aromatic heterocycles. The van der Waals surface area contributed by atoms with E-state index in [9.17, 15) is 18.3 Å². The van der Waals surface area contributed by atoms with Gasteiger partial charge in [0.25, 0.3) is 0 Å². The molecular weight excluding hydrogens is 297 g/mol. The molecular formula is C15H13F3N2O2. The van der Waals surface area contributed by atoms with Crippen LogP contribution in [0.4, 0.5) is 18.9 Å². The topological polar surface area (TPSA) is 53.9 Å². The SMILES string of the molecule is COc1ccc(O)c(C=NNc2ccccc2C(F)(F)F)c1. The summed E-state index contributed by atoms with van der Waals surface area (Å²) in [6.07, 6.45) is -3.26. The van der Waals surface area contributed by atoms with E-state index in [1.807, 2.05) is 0 Å². The molecule has 2 rings (SSSR count). The third-order valence-electron chi connectivity index (χ3n) is 2.86. The van der Waals surface area contributed by atoms with Crippen molar-refractivity contribution in [1.82, 2.24) is 0 Å². The zero-order chi connectivity index (χ0) is 16.2. The monoisotopic (exact) mass is 310 g/mol. The summed E-state index contributed by atoms with van der Waals surface area (Å²) >= 11 is 0. The van der Waals surface area contributed by atoms with Crippen LogP contribution in [-0.4, -0.2) is 18.4 Å². The van der Waals surface area contributed by atoms with E-state index < -0.39 is 11.7 Å². The van der Waals surface area contributed by atoms with Crippen LogP contribution in [0.15, 0.2) is 47.6 Å². The molecule has 2 N–H and O–H groups in total. The molecule has 0 bridgehead atoms. The molecule has 0 aliphatic carbocycles. The van der Waals surface area contributed by atoms with Crippen LogP contribution >= 0.6 is 0 Å². The average molecular weight is 310 g/mol. The molecule has 0 aliphatic rings. The molecule has 0 fully saturated rings. The Kier molecular flexibility index (Phi) is 4.55. The molecule has 7 heteroatoms. The predicted octanol–water partition coefficient (Wildman–Crippen LogP) is 3.87. The molecule has 0 saturated carbocycles. The summed E-state index contributed by atoms with van der Waals surface area (Å²) in [5.74, 6) is 0.436. The predicted molar refractivity (Wildman–Crippen MR) is 77.3 cm³/mol. The fraction of sp³-hybridized carbons (Fsp3) is 0.133. The summed E-state index contributed by atoms with van der Waals surface area (Å²) in [5, 5.41) is 13.4. The van der Waals surface area contributed by atoms with Crippen LogP contribution in [0.2, 0.25) is 0 Å². The second kappa shape index (κ2) is 6.38. The van der Waals surface area contributed by atoms with E-state index in [0.717, 1.165) is 6.07 Å². The quantitative estimate of drug-likeness (QED) is 0.666. The lowest BCUT2D eigenvalue weighted by Gasteiger charge is -2.11. The number of alkyl halides is 3.